The summed E-state index contributed by atoms with van der Waals surface area (Å²) in [5.41, 5.74) is 3.55. The second-order valence-electron chi connectivity index (χ2n) is 5.56. The van der Waals surface area contributed by atoms with E-state index in [0.717, 1.165) is 48.1 Å². The van der Waals surface area contributed by atoms with E-state index in [1.165, 1.54) is 6.42 Å². The van der Waals surface area contributed by atoms with E-state index in [-0.39, 0.29) is 0 Å². The topological polar surface area (TPSA) is 58.5 Å². The summed E-state index contributed by atoms with van der Waals surface area (Å²) in [6, 6.07) is 3.77. The second kappa shape index (κ2) is 5.95. The van der Waals surface area contributed by atoms with Gasteiger partial charge in [0, 0.05) is 5.71 Å². The first-order valence-electron chi connectivity index (χ1n) is 7.05. The highest BCUT2D eigenvalue weighted by molar-refractivity contribution is 7.89. The van der Waals surface area contributed by atoms with Gasteiger partial charge < -0.3 is 0 Å². The summed E-state index contributed by atoms with van der Waals surface area (Å²) in [6.45, 7) is 5.61. The number of hydrogen-bond donors (Lipinski definition) is 1. The van der Waals surface area contributed by atoms with Crippen LogP contribution in [0, 0.1) is 20.8 Å². The number of rotatable bonds is 3. The van der Waals surface area contributed by atoms with Crippen molar-refractivity contribution >= 4 is 15.7 Å². The van der Waals surface area contributed by atoms with Crippen molar-refractivity contribution in [3.63, 3.8) is 0 Å². The molecule has 1 aromatic carbocycles. The Morgan fingerprint density at radius 2 is 1.55 bits per heavy atom. The molecule has 0 saturated heterocycles. The first kappa shape index (κ1) is 15.0. The van der Waals surface area contributed by atoms with Crippen LogP contribution in [0.5, 0.6) is 0 Å². The third-order valence-electron chi connectivity index (χ3n) is 3.63. The van der Waals surface area contributed by atoms with E-state index in [1.54, 1.807) is 0 Å². The summed E-state index contributed by atoms with van der Waals surface area (Å²) < 4.78 is 24.8. The summed E-state index contributed by atoms with van der Waals surface area (Å²) in [4.78, 5) is 2.76. The largest absolute Gasteiger partial charge is 0.277 e. The zero-order chi connectivity index (χ0) is 14.8. The van der Waals surface area contributed by atoms with Crippen molar-refractivity contribution < 1.29 is 8.42 Å². The van der Waals surface area contributed by atoms with Crippen molar-refractivity contribution in [3.8, 4) is 0 Å². The molecule has 0 heterocycles. The van der Waals surface area contributed by atoms with Crippen molar-refractivity contribution in [1.82, 2.24) is 4.83 Å². The van der Waals surface area contributed by atoms with E-state index in [2.05, 4.69) is 9.93 Å². The zero-order valence-electron chi connectivity index (χ0n) is 12.4. The van der Waals surface area contributed by atoms with Crippen LogP contribution in [0.25, 0.3) is 0 Å². The van der Waals surface area contributed by atoms with Gasteiger partial charge in [-0.15, -0.1) is 0 Å². The van der Waals surface area contributed by atoms with Gasteiger partial charge in [0.25, 0.3) is 10.0 Å². The van der Waals surface area contributed by atoms with Gasteiger partial charge in [0.1, 0.15) is 0 Å². The lowest BCUT2D eigenvalue weighted by Gasteiger charge is -2.14. The molecule has 20 heavy (non-hydrogen) atoms. The van der Waals surface area contributed by atoms with Gasteiger partial charge in [-0.2, -0.15) is 13.5 Å². The summed E-state index contributed by atoms with van der Waals surface area (Å²) >= 11 is 0. The van der Waals surface area contributed by atoms with E-state index < -0.39 is 10.0 Å². The van der Waals surface area contributed by atoms with Crippen molar-refractivity contribution in [3.05, 3.63) is 28.8 Å². The van der Waals surface area contributed by atoms with Crippen LogP contribution in [-0.4, -0.2) is 14.1 Å². The molecule has 5 heteroatoms. The lowest BCUT2D eigenvalue weighted by Crippen LogP contribution is -2.23. The van der Waals surface area contributed by atoms with E-state index in [0.29, 0.717) is 4.90 Å². The Labute approximate surface area is 121 Å². The Morgan fingerprint density at radius 1 is 1.00 bits per heavy atom. The molecule has 1 fully saturated rings. The van der Waals surface area contributed by atoms with Crippen LogP contribution in [-0.2, 0) is 10.0 Å². The third kappa shape index (κ3) is 3.39. The Kier molecular flexibility index (Phi) is 4.48. The number of aryl methyl sites for hydroxylation is 3. The van der Waals surface area contributed by atoms with Gasteiger partial charge in [-0.05, 0) is 57.6 Å². The van der Waals surface area contributed by atoms with Crippen LogP contribution >= 0.6 is 0 Å². The smallest absolute Gasteiger partial charge is 0.200 e. The van der Waals surface area contributed by atoms with E-state index in [4.69, 9.17) is 0 Å². The summed E-state index contributed by atoms with van der Waals surface area (Å²) in [5, 5.41) is 4.11. The van der Waals surface area contributed by atoms with Crippen molar-refractivity contribution in [2.75, 3.05) is 0 Å². The van der Waals surface area contributed by atoms with Crippen LogP contribution in [0.15, 0.2) is 22.1 Å². The zero-order valence-corrected chi connectivity index (χ0v) is 13.2. The van der Waals surface area contributed by atoms with Gasteiger partial charge in [0.2, 0.25) is 0 Å². The predicted molar refractivity (Wildman–Crippen MR) is 81.5 cm³/mol. The summed E-state index contributed by atoms with van der Waals surface area (Å²) in [6.07, 6.45) is 5.21. The fourth-order valence-electron chi connectivity index (χ4n) is 2.83. The maximum Gasteiger partial charge on any atom is 0.277 e. The molecule has 0 bridgehead atoms. The molecule has 1 aliphatic rings. The highest BCUT2D eigenvalue weighted by Gasteiger charge is 2.19. The van der Waals surface area contributed by atoms with Gasteiger partial charge in [-0.1, -0.05) is 24.1 Å². The van der Waals surface area contributed by atoms with Crippen molar-refractivity contribution in [2.24, 2.45) is 5.10 Å². The molecule has 0 unspecified atom stereocenters. The minimum atomic E-state index is -3.58. The molecule has 0 aliphatic heterocycles. The standard InChI is InChI=1S/C15H22N2O2S/c1-11-9-12(2)15(13(3)10-11)20(18,19)17-16-14-7-5-4-6-8-14/h9-10,17H,4-8H2,1-3H3. The van der Waals surface area contributed by atoms with E-state index in [1.807, 2.05) is 32.9 Å². The fraction of sp³-hybridized carbons (Fsp3) is 0.533. The predicted octanol–water partition coefficient (Wildman–Crippen LogP) is 3.21. The van der Waals surface area contributed by atoms with Gasteiger partial charge in [0.15, 0.2) is 0 Å². The monoisotopic (exact) mass is 294 g/mol. The Bertz CT molecular complexity index is 602. The normalized spacial score (nSPS) is 16.1. The number of nitrogens with one attached hydrogen (secondary N) is 1. The molecule has 0 aromatic heterocycles. The molecule has 4 nitrogen and oxygen atoms in total. The van der Waals surface area contributed by atoms with Crippen LogP contribution in [0.2, 0.25) is 0 Å². The quantitative estimate of drug-likeness (QED) is 0.870. The van der Waals surface area contributed by atoms with E-state index >= 15 is 0 Å². The first-order chi connectivity index (χ1) is 9.40. The average Bonchev–Trinajstić information content (AvgIpc) is 2.36. The van der Waals surface area contributed by atoms with Gasteiger partial charge in [0.05, 0.1) is 4.90 Å². The van der Waals surface area contributed by atoms with E-state index in [9.17, 15) is 8.42 Å². The molecule has 110 valence electrons. The molecular weight excluding hydrogens is 272 g/mol. The Hall–Kier alpha value is -1.36. The van der Waals surface area contributed by atoms with Gasteiger partial charge >= 0.3 is 0 Å². The number of sulfonamides is 1. The van der Waals surface area contributed by atoms with Crippen LogP contribution < -0.4 is 4.83 Å². The lowest BCUT2D eigenvalue weighted by atomic mass is 9.99. The highest BCUT2D eigenvalue weighted by Crippen LogP contribution is 2.22. The van der Waals surface area contributed by atoms with Crippen LogP contribution in [0.1, 0.15) is 48.8 Å². The van der Waals surface area contributed by atoms with Crippen molar-refractivity contribution in [1.29, 1.82) is 0 Å². The number of nitrogens with zero attached hydrogens (tertiary/aromatic N) is 1. The molecule has 1 aromatic rings. The SMILES string of the molecule is Cc1cc(C)c(S(=O)(=O)NN=C2CCCCC2)c(C)c1. The maximum absolute atomic E-state index is 12.4. The highest BCUT2D eigenvalue weighted by atomic mass is 32.2. The molecular formula is C15H22N2O2S. The van der Waals surface area contributed by atoms with Gasteiger partial charge in [-0.3, -0.25) is 0 Å². The minimum absolute atomic E-state index is 0.350. The molecule has 1 saturated carbocycles. The molecule has 0 radical (unpaired) electrons. The third-order valence-corrected chi connectivity index (χ3v) is 5.14. The molecule has 0 spiro atoms. The van der Waals surface area contributed by atoms with Crippen LogP contribution in [0.4, 0.5) is 0 Å². The fourth-order valence-corrected chi connectivity index (χ4v) is 4.14. The molecule has 2 rings (SSSR count). The van der Waals surface area contributed by atoms with Crippen LogP contribution in [0.3, 0.4) is 0 Å². The summed E-state index contributed by atoms with van der Waals surface area (Å²) in [5.74, 6) is 0. The Morgan fingerprint density at radius 3 is 2.10 bits per heavy atom. The molecule has 0 amide bonds. The second-order valence-corrected chi connectivity index (χ2v) is 7.16. The average molecular weight is 294 g/mol. The summed E-state index contributed by atoms with van der Waals surface area (Å²) in [7, 11) is -3.58. The Balaban J connectivity index is 2.27. The number of hydrazone groups is 1. The number of benzene rings is 1. The molecule has 0 atom stereocenters. The minimum Gasteiger partial charge on any atom is -0.200 e. The molecule has 1 N–H and O–H groups in total. The molecule has 1 aliphatic carbocycles. The number of hydrogen-bond acceptors (Lipinski definition) is 3. The maximum atomic E-state index is 12.4. The lowest BCUT2D eigenvalue weighted by molar-refractivity contribution is 0.581. The van der Waals surface area contributed by atoms with Crippen molar-refractivity contribution in [2.45, 2.75) is 57.8 Å². The first-order valence-corrected chi connectivity index (χ1v) is 8.53. The van der Waals surface area contributed by atoms with Gasteiger partial charge in [-0.25, -0.2) is 4.83 Å².